The van der Waals surface area contributed by atoms with Crippen LogP contribution in [0, 0.1) is 0 Å². The van der Waals surface area contributed by atoms with Gasteiger partial charge in [0.15, 0.2) is 5.96 Å². The van der Waals surface area contributed by atoms with E-state index in [4.69, 9.17) is 5.73 Å². The van der Waals surface area contributed by atoms with E-state index < -0.39 is 0 Å². The van der Waals surface area contributed by atoms with E-state index in [1.807, 2.05) is 31.2 Å². The van der Waals surface area contributed by atoms with Gasteiger partial charge in [0.05, 0.1) is 6.54 Å². The molecule has 0 radical (unpaired) electrons. The minimum Gasteiger partial charge on any atom is -0.370 e. The number of carbonyl (C=O) groups is 1. The number of nitrogens with two attached hydrogens (primary N) is 1. The zero-order valence-corrected chi connectivity index (χ0v) is 16.9. The smallest absolute Gasteiger partial charge is 0.251 e. The molecule has 0 aliphatic rings. The van der Waals surface area contributed by atoms with Crippen LogP contribution in [0.2, 0.25) is 0 Å². The third-order valence-corrected chi connectivity index (χ3v) is 3.62. The van der Waals surface area contributed by atoms with Gasteiger partial charge < -0.3 is 16.4 Å². The Bertz CT molecular complexity index is 696. The van der Waals surface area contributed by atoms with Gasteiger partial charge in [0.25, 0.3) is 5.91 Å². The average molecular weight is 452 g/mol. The number of anilines is 1. The largest absolute Gasteiger partial charge is 0.370 e. The van der Waals surface area contributed by atoms with Crippen molar-refractivity contribution in [3.63, 3.8) is 0 Å². The molecule has 0 saturated carbocycles. The van der Waals surface area contributed by atoms with Crippen molar-refractivity contribution in [3.8, 4) is 0 Å². The van der Waals surface area contributed by atoms with Crippen LogP contribution < -0.4 is 16.4 Å². The molecule has 134 valence electrons. The Morgan fingerprint density at radius 2 is 1.60 bits per heavy atom. The zero-order chi connectivity index (χ0) is 17.4. The Morgan fingerprint density at radius 1 is 1.00 bits per heavy atom. The predicted octanol–water partition coefficient (Wildman–Crippen LogP) is 3.54. The molecule has 0 aromatic heterocycles. The Hall–Kier alpha value is -2.09. The first kappa shape index (κ1) is 21.0. The van der Waals surface area contributed by atoms with Gasteiger partial charge in [-0.15, -0.1) is 24.0 Å². The summed E-state index contributed by atoms with van der Waals surface area (Å²) in [6, 6.07) is 15.5. The van der Waals surface area contributed by atoms with Gasteiger partial charge in [-0.3, -0.25) is 4.79 Å². The number of nitrogens with one attached hydrogen (secondary N) is 2. The number of hydrogen-bond acceptors (Lipinski definition) is 2. The van der Waals surface area contributed by atoms with Crippen LogP contribution in [0.3, 0.4) is 0 Å². The monoisotopic (exact) mass is 452 g/mol. The van der Waals surface area contributed by atoms with Crippen LogP contribution >= 0.6 is 24.0 Å². The maximum Gasteiger partial charge on any atom is 0.251 e. The molecule has 5 nitrogen and oxygen atoms in total. The standard InChI is InChI=1S/C19H24N4O.HI/c1-3-14-7-11-17(12-8-14)23-19(20)22-13-15-5-9-16(10-6-15)18(24)21-4-2;/h5-12H,3-4,13H2,1-2H3,(H,21,24)(H3,20,22,23);1H. The molecular weight excluding hydrogens is 427 g/mol. The van der Waals surface area contributed by atoms with E-state index in [-0.39, 0.29) is 29.9 Å². The number of benzene rings is 2. The third kappa shape index (κ3) is 6.74. The van der Waals surface area contributed by atoms with Crippen molar-refractivity contribution in [1.82, 2.24) is 5.32 Å². The summed E-state index contributed by atoms with van der Waals surface area (Å²) in [5, 5.41) is 5.84. The zero-order valence-electron chi connectivity index (χ0n) is 14.6. The van der Waals surface area contributed by atoms with Crippen molar-refractivity contribution < 1.29 is 4.79 Å². The summed E-state index contributed by atoms with van der Waals surface area (Å²) in [5.74, 6) is 0.302. The third-order valence-electron chi connectivity index (χ3n) is 3.62. The number of aliphatic imine (C=N–C) groups is 1. The second-order valence-corrected chi connectivity index (χ2v) is 5.43. The van der Waals surface area contributed by atoms with Gasteiger partial charge >= 0.3 is 0 Å². The van der Waals surface area contributed by atoms with Crippen LogP contribution in [0.15, 0.2) is 53.5 Å². The first-order valence-corrected chi connectivity index (χ1v) is 8.15. The van der Waals surface area contributed by atoms with E-state index in [0.29, 0.717) is 24.6 Å². The summed E-state index contributed by atoms with van der Waals surface area (Å²) >= 11 is 0. The Kier molecular flexibility index (Phi) is 8.98. The van der Waals surface area contributed by atoms with Gasteiger partial charge in [0.1, 0.15) is 0 Å². The van der Waals surface area contributed by atoms with Crippen molar-refractivity contribution in [2.75, 3.05) is 11.9 Å². The SMILES string of the molecule is CCNC(=O)c1ccc(CN=C(N)Nc2ccc(CC)cc2)cc1.I. The molecule has 2 rings (SSSR count). The van der Waals surface area contributed by atoms with E-state index in [2.05, 4.69) is 34.7 Å². The van der Waals surface area contributed by atoms with Crippen LogP contribution in [0.25, 0.3) is 0 Å². The van der Waals surface area contributed by atoms with Gasteiger partial charge in [-0.25, -0.2) is 4.99 Å². The number of guanidine groups is 1. The van der Waals surface area contributed by atoms with Crippen LogP contribution in [-0.4, -0.2) is 18.4 Å². The highest BCUT2D eigenvalue weighted by atomic mass is 127. The summed E-state index contributed by atoms with van der Waals surface area (Å²) in [5.41, 5.74) is 9.75. The summed E-state index contributed by atoms with van der Waals surface area (Å²) in [6.45, 7) is 5.09. The molecule has 0 atom stereocenters. The highest BCUT2D eigenvalue weighted by molar-refractivity contribution is 14.0. The summed E-state index contributed by atoms with van der Waals surface area (Å²) < 4.78 is 0. The van der Waals surface area contributed by atoms with Crippen LogP contribution in [-0.2, 0) is 13.0 Å². The van der Waals surface area contributed by atoms with Crippen molar-refractivity contribution in [1.29, 1.82) is 0 Å². The topological polar surface area (TPSA) is 79.5 Å². The highest BCUT2D eigenvalue weighted by Crippen LogP contribution is 2.10. The van der Waals surface area contributed by atoms with Crippen LogP contribution in [0.5, 0.6) is 0 Å². The molecule has 0 heterocycles. The van der Waals surface area contributed by atoms with Gasteiger partial charge in [0.2, 0.25) is 0 Å². The molecule has 1 amide bonds. The molecule has 0 spiro atoms. The maximum atomic E-state index is 11.7. The molecule has 4 N–H and O–H groups in total. The molecule has 0 saturated heterocycles. The number of carbonyl (C=O) groups excluding carboxylic acids is 1. The van der Waals surface area contributed by atoms with E-state index in [1.165, 1.54) is 5.56 Å². The molecule has 0 aliphatic heterocycles. The Labute approximate surface area is 166 Å². The van der Waals surface area contributed by atoms with Crippen LogP contribution in [0.4, 0.5) is 5.69 Å². The molecule has 25 heavy (non-hydrogen) atoms. The Balaban J connectivity index is 0.00000312. The van der Waals surface area contributed by atoms with Crippen molar-refractivity contribution in [3.05, 3.63) is 65.2 Å². The fraction of sp³-hybridized carbons (Fsp3) is 0.263. The lowest BCUT2D eigenvalue weighted by Crippen LogP contribution is -2.23. The number of amides is 1. The molecule has 2 aromatic rings. The predicted molar refractivity (Wildman–Crippen MR) is 115 cm³/mol. The van der Waals surface area contributed by atoms with E-state index >= 15 is 0 Å². The van der Waals surface area contributed by atoms with Crippen molar-refractivity contribution >= 4 is 41.5 Å². The fourth-order valence-electron chi connectivity index (χ4n) is 2.21. The first-order chi connectivity index (χ1) is 11.6. The van der Waals surface area contributed by atoms with E-state index in [9.17, 15) is 4.79 Å². The van der Waals surface area contributed by atoms with E-state index in [1.54, 1.807) is 12.1 Å². The normalized spacial score (nSPS) is 10.7. The lowest BCUT2D eigenvalue weighted by Gasteiger charge is -2.07. The van der Waals surface area contributed by atoms with E-state index in [0.717, 1.165) is 17.7 Å². The number of halogens is 1. The molecule has 2 aromatic carbocycles. The summed E-state index contributed by atoms with van der Waals surface area (Å²) in [7, 11) is 0. The fourth-order valence-corrected chi connectivity index (χ4v) is 2.21. The quantitative estimate of drug-likeness (QED) is 0.357. The molecule has 0 aliphatic carbocycles. The second kappa shape index (κ2) is 10.7. The van der Waals surface area contributed by atoms with Crippen LogP contribution in [0.1, 0.15) is 35.3 Å². The van der Waals surface area contributed by atoms with Gasteiger partial charge in [-0.2, -0.15) is 0 Å². The number of rotatable bonds is 6. The van der Waals surface area contributed by atoms with Gasteiger partial charge in [-0.1, -0.05) is 31.2 Å². The lowest BCUT2D eigenvalue weighted by atomic mass is 10.1. The first-order valence-electron chi connectivity index (χ1n) is 8.15. The highest BCUT2D eigenvalue weighted by Gasteiger charge is 2.03. The molecule has 0 bridgehead atoms. The summed E-state index contributed by atoms with van der Waals surface area (Å²) in [6.07, 6.45) is 1.01. The van der Waals surface area contributed by atoms with Gasteiger partial charge in [-0.05, 0) is 48.7 Å². The molecule has 0 unspecified atom stereocenters. The Morgan fingerprint density at radius 3 is 2.16 bits per heavy atom. The number of hydrogen-bond donors (Lipinski definition) is 3. The molecule has 6 heteroatoms. The molecule has 0 fully saturated rings. The van der Waals surface area contributed by atoms with Gasteiger partial charge in [0, 0.05) is 17.8 Å². The molecular formula is C19H25IN4O. The maximum absolute atomic E-state index is 11.7. The van der Waals surface area contributed by atoms with Crippen molar-refractivity contribution in [2.24, 2.45) is 10.7 Å². The lowest BCUT2D eigenvalue weighted by molar-refractivity contribution is 0.0956. The minimum absolute atomic E-state index is 0. The second-order valence-electron chi connectivity index (χ2n) is 5.43. The number of aryl methyl sites for hydroxylation is 1. The van der Waals surface area contributed by atoms with Crippen molar-refractivity contribution in [2.45, 2.75) is 26.8 Å². The average Bonchev–Trinajstić information content (AvgIpc) is 2.61. The number of nitrogens with zero attached hydrogens (tertiary/aromatic N) is 1. The summed E-state index contributed by atoms with van der Waals surface area (Å²) in [4.78, 5) is 16.0. The minimum atomic E-state index is -0.0655.